The van der Waals surface area contributed by atoms with Crippen LogP contribution < -0.4 is 5.56 Å². The van der Waals surface area contributed by atoms with Crippen molar-refractivity contribution in [2.45, 2.75) is 31.6 Å². The van der Waals surface area contributed by atoms with Gasteiger partial charge in [-0.2, -0.15) is 0 Å². The molecule has 1 saturated carbocycles. The molecule has 0 saturated heterocycles. The molecule has 1 aromatic heterocycles. The summed E-state index contributed by atoms with van der Waals surface area (Å²) in [6.45, 7) is 1.75. The zero-order valence-electron chi connectivity index (χ0n) is 10.7. The third kappa shape index (κ3) is 1.67. The molecule has 1 heterocycles. The standard InChI is InChI=1S/C15H15NO3/c1-9-7-10-8-11(3-4-12(10)16-13(9)17)15(14(18)19)5-2-6-15/h3-4,7-8H,2,5-6H2,1H3,(H,16,17)(H,18,19). The van der Waals surface area contributed by atoms with Crippen LogP contribution in [-0.2, 0) is 10.2 Å². The number of carbonyl (C=O) groups is 1. The van der Waals surface area contributed by atoms with Gasteiger partial charge in [0.1, 0.15) is 0 Å². The Morgan fingerprint density at radius 2 is 2.05 bits per heavy atom. The minimum Gasteiger partial charge on any atom is -0.481 e. The fourth-order valence-corrected chi connectivity index (χ4v) is 2.77. The number of carboxylic acids is 1. The number of pyridine rings is 1. The van der Waals surface area contributed by atoms with E-state index in [-0.39, 0.29) is 5.56 Å². The van der Waals surface area contributed by atoms with Crippen LogP contribution in [-0.4, -0.2) is 16.1 Å². The molecule has 2 aromatic rings. The summed E-state index contributed by atoms with van der Waals surface area (Å²) in [6.07, 6.45) is 2.33. The van der Waals surface area contributed by atoms with E-state index in [1.807, 2.05) is 18.2 Å². The lowest BCUT2D eigenvalue weighted by Gasteiger charge is -2.38. The fraction of sp³-hybridized carbons (Fsp3) is 0.333. The van der Waals surface area contributed by atoms with Gasteiger partial charge in [0.25, 0.3) is 5.56 Å². The molecule has 0 unspecified atom stereocenters. The highest BCUT2D eigenvalue weighted by Crippen LogP contribution is 2.44. The van der Waals surface area contributed by atoms with Crippen molar-refractivity contribution in [1.82, 2.24) is 4.98 Å². The van der Waals surface area contributed by atoms with Gasteiger partial charge in [-0.05, 0) is 48.9 Å². The maximum atomic E-state index is 11.5. The lowest BCUT2D eigenvalue weighted by Crippen LogP contribution is -2.42. The monoisotopic (exact) mass is 257 g/mol. The molecule has 0 bridgehead atoms. The maximum absolute atomic E-state index is 11.5. The summed E-state index contributed by atoms with van der Waals surface area (Å²) >= 11 is 0. The second-order valence-corrected chi connectivity index (χ2v) is 5.32. The van der Waals surface area contributed by atoms with Crippen LogP contribution in [0.25, 0.3) is 10.9 Å². The lowest BCUT2D eigenvalue weighted by atomic mass is 9.64. The molecule has 98 valence electrons. The van der Waals surface area contributed by atoms with Crippen molar-refractivity contribution < 1.29 is 9.90 Å². The summed E-state index contributed by atoms with van der Waals surface area (Å²) in [4.78, 5) is 25.8. The Kier molecular flexibility index (Phi) is 2.49. The molecule has 1 aliphatic carbocycles. The van der Waals surface area contributed by atoms with E-state index in [0.29, 0.717) is 18.4 Å². The van der Waals surface area contributed by atoms with Crippen molar-refractivity contribution in [3.63, 3.8) is 0 Å². The summed E-state index contributed by atoms with van der Waals surface area (Å²) in [7, 11) is 0. The topological polar surface area (TPSA) is 70.2 Å². The van der Waals surface area contributed by atoms with Crippen LogP contribution >= 0.6 is 0 Å². The van der Waals surface area contributed by atoms with Crippen LogP contribution in [0.15, 0.2) is 29.1 Å². The first-order valence-corrected chi connectivity index (χ1v) is 6.40. The Morgan fingerprint density at radius 1 is 1.32 bits per heavy atom. The highest BCUT2D eigenvalue weighted by molar-refractivity contribution is 5.86. The smallest absolute Gasteiger partial charge is 0.314 e. The molecule has 0 amide bonds. The van der Waals surface area contributed by atoms with Gasteiger partial charge >= 0.3 is 5.97 Å². The third-order valence-electron chi connectivity index (χ3n) is 4.20. The number of hydrogen-bond donors (Lipinski definition) is 2. The fourth-order valence-electron chi connectivity index (χ4n) is 2.77. The third-order valence-corrected chi connectivity index (χ3v) is 4.20. The van der Waals surface area contributed by atoms with Crippen molar-refractivity contribution in [3.05, 3.63) is 45.7 Å². The first kappa shape index (κ1) is 12.0. The van der Waals surface area contributed by atoms with Crippen molar-refractivity contribution >= 4 is 16.9 Å². The van der Waals surface area contributed by atoms with Gasteiger partial charge in [-0.3, -0.25) is 9.59 Å². The molecule has 0 spiro atoms. The molecule has 1 fully saturated rings. The zero-order chi connectivity index (χ0) is 13.6. The first-order chi connectivity index (χ1) is 9.03. The van der Waals surface area contributed by atoms with Crippen LogP contribution in [0, 0.1) is 6.92 Å². The van der Waals surface area contributed by atoms with Gasteiger partial charge in [0, 0.05) is 11.1 Å². The highest BCUT2D eigenvalue weighted by Gasteiger charge is 2.45. The second kappa shape index (κ2) is 3.95. The molecule has 0 radical (unpaired) electrons. The molecule has 0 atom stereocenters. The van der Waals surface area contributed by atoms with Gasteiger partial charge in [-0.15, -0.1) is 0 Å². The van der Waals surface area contributed by atoms with E-state index < -0.39 is 11.4 Å². The minimum absolute atomic E-state index is 0.100. The van der Waals surface area contributed by atoms with Gasteiger partial charge in [0.2, 0.25) is 0 Å². The van der Waals surface area contributed by atoms with E-state index in [9.17, 15) is 14.7 Å². The number of aromatic amines is 1. The SMILES string of the molecule is Cc1cc2cc(C3(C(=O)O)CCC3)ccc2[nH]c1=O. The number of aryl methyl sites for hydroxylation is 1. The number of benzene rings is 1. The van der Waals surface area contributed by atoms with E-state index >= 15 is 0 Å². The number of hydrogen-bond acceptors (Lipinski definition) is 2. The lowest BCUT2D eigenvalue weighted by molar-refractivity contribution is -0.147. The van der Waals surface area contributed by atoms with Gasteiger partial charge in [0.15, 0.2) is 0 Å². The molecule has 2 N–H and O–H groups in total. The van der Waals surface area contributed by atoms with Crippen LogP contribution in [0.4, 0.5) is 0 Å². The van der Waals surface area contributed by atoms with Crippen LogP contribution in [0.2, 0.25) is 0 Å². The number of carboxylic acid groups (broad SMARTS) is 1. The average molecular weight is 257 g/mol. The van der Waals surface area contributed by atoms with Crippen LogP contribution in [0.5, 0.6) is 0 Å². The van der Waals surface area contributed by atoms with Crippen molar-refractivity contribution in [2.24, 2.45) is 0 Å². The van der Waals surface area contributed by atoms with E-state index in [1.165, 1.54) is 0 Å². The number of nitrogens with one attached hydrogen (secondary N) is 1. The summed E-state index contributed by atoms with van der Waals surface area (Å²) in [5.41, 5.74) is 1.40. The summed E-state index contributed by atoms with van der Waals surface area (Å²) in [6, 6.07) is 7.33. The minimum atomic E-state index is -0.751. The molecular formula is C15H15NO3. The number of aromatic nitrogens is 1. The first-order valence-electron chi connectivity index (χ1n) is 6.40. The second-order valence-electron chi connectivity index (χ2n) is 5.32. The summed E-state index contributed by atoms with van der Waals surface area (Å²) in [5.74, 6) is -0.751. The summed E-state index contributed by atoms with van der Waals surface area (Å²) in [5, 5.41) is 10.3. The zero-order valence-corrected chi connectivity index (χ0v) is 10.7. The van der Waals surface area contributed by atoms with Gasteiger partial charge < -0.3 is 10.1 Å². The summed E-state index contributed by atoms with van der Waals surface area (Å²) < 4.78 is 0. The number of H-pyrrole nitrogens is 1. The van der Waals surface area contributed by atoms with Gasteiger partial charge in [0.05, 0.1) is 5.41 Å². The van der Waals surface area contributed by atoms with E-state index in [1.54, 1.807) is 13.0 Å². The predicted molar refractivity (Wildman–Crippen MR) is 72.5 cm³/mol. The molecule has 4 nitrogen and oxygen atoms in total. The largest absolute Gasteiger partial charge is 0.481 e. The average Bonchev–Trinajstić information content (AvgIpc) is 2.29. The highest BCUT2D eigenvalue weighted by atomic mass is 16.4. The Bertz CT molecular complexity index is 726. The molecule has 1 aliphatic rings. The Labute approximate surface area is 110 Å². The Morgan fingerprint density at radius 3 is 2.63 bits per heavy atom. The normalized spacial score (nSPS) is 17.1. The van der Waals surface area contributed by atoms with Crippen molar-refractivity contribution in [2.75, 3.05) is 0 Å². The Balaban J connectivity index is 2.19. The van der Waals surface area contributed by atoms with Gasteiger partial charge in [-0.25, -0.2) is 0 Å². The molecule has 0 aliphatic heterocycles. The molecular weight excluding hydrogens is 242 g/mol. The van der Waals surface area contributed by atoms with Crippen molar-refractivity contribution in [3.8, 4) is 0 Å². The quantitative estimate of drug-likeness (QED) is 0.867. The number of aliphatic carboxylic acids is 1. The number of rotatable bonds is 2. The molecule has 19 heavy (non-hydrogen) atoms. The van der Waals surface area contributed by atoms with Crippen LogP contribution in [0.1, 0.15) is 30.4 Å². The van der Waals surface area contributed by atoms with Crippen LogP contribution in [0.3, 0.4) is 0 Å². The van der Waals surface area contributed by atoms with Gasteiger partial charge in [-0.1, -0.05) is 12.5 Å². The van der Waals surface area contributed by atoms with E-state index in [4.69, 9.17) is 0 Å². The van der Waals surface area contributed by atoms with E-state index in [2.05, 4.69) is 4.98 Å². The Hall–Kier alpha value is -2.10. The number of fused-ring (bicyclic) bond motifs is 1. The molecule has 1 aromatic carbocycles. The molecule has 4 heteroatoms. The molecule has 3 rings (SSSR count). The van der Waals surface area contributed by atoms with E-state index in [0.717, 1.165) is 22.9 Å². The maximum Gasteiger partial charge on any atom is 0.314 e. The predicted octanol–water partition coefficient (Wildman–Crippen LogP) is 2.34. The van der Waals surface area contributed by atoms with Crippen molar-refractivity contribution in [1.29, 1.82) is 0 Å².